The summed E-state index contributed by atoms with van der Waals surface area (Å²) in [6, 6.07) is 0. The molecule has 1 fully saturated rings. The first kappa shape index (κ1) is 6.09. The molecule has 0 aromatic carbocycles. The predicted octanol–water partition coefficient (Wildman–Crippen LogP) is 1.56. The summed E-state index contributed by atoms with van der Waals surface area (Å²) in [5.41, 5.74) is 0. The van der Waals surface area contributed by atoms with Crippen molar-refractivity contribution in [2.45, 2.75) is 38.7 Å². The van der Waals surface area contributed by atoms with E-state index in [4.69, 9.17) is 5.11 Å². The molecule has 0 saturated heterocycles. The smallest absolute Gasteiger partial charge is 0.0543 e. The number of rotatable bonds is 1. The largest absolute Gasteiger partial charge is 0.393 e. The van der Waals surface area contributed by atoms with Crippen LogP contribution in [0.15, 0.2) is 0 Å². The zero-order valence-electron chi connectivity index (χ0n) is 5.43. The van der Waals surface area contributed by atoms with Crippen molar-refractivity contribution in [3.05, 3.63) is 0 Å². The second-order valence-electron chi connectivity index (χ2n) is 2.74. The lowest BCUT2D eigenvalue weighted by Crippen LogP contribution is -1.98. The minimum absolute atomic E-state index is 0.0277. The van der Waals surface area contributed by atoms with Gasteiger partial charge in [0.2, 0.25) is 0 Å². The van der Waals surface area contributed by atoms with E-state index >= 15 is 0 Å². The van der Waals surface area contributed by atoms with Gasteiger partial charge in [-0.3, -0.25) is 0 Å². The molecule has 1 aliphatic carbocycles. The Morgan fingerprint density at radius 3 is 2.50 bits per heavy atom. The highest BCUT2D eigenvalue weighted by Crippen LogP contribution is 2.27. The maximum absolute atomic E-state index is 9.03. The van der Waals surface area contributed by atoms with Crippen LogP contribution in [0.3, 0.4) is 0 Å². The minimum Gasteiger partial charge on any atom is -0.393 e. The molecule has 0 aromatic heterocycles. The summed E-state index contributed by atoms with van der Waals surface area (Å²) in [5.74, 6) is 0.824. The maximum Gasteiger partial charge on any atom is 0.0543 e. The van der Waals surface area contributed by atoms with Crippen LogP contribution in [-0.4, -0.2) is 11.2 Å². The molecule has 1 nitrogen and oxygen atoms in total. The van der Waals surface area contributed by atoms with Crippen molar-refractivity contribution in [1.29, 1.82) is 0 Å². The summed E-state index contributed by atoms with van der Waals surface area (Å²) in [7, 11) is 0. The second-order valence-corrected chi connectivity index (χ2v) is 2.74. The highest BCUT2D eigenvalue weighted by Gasteiger charge is 2.20. The number of aliphatic hydroxyl groups excluding tert-OH is 1. The first-order valence-corrected chi connectivity index (χ1v) is 3.51. The number of aliphatic hydroxyl groups is 1. The lowest BCUT2D eigenvalue weighted by Gasteiger charge is -2.01. The Kier molecular flexibility index (Phi) is 1.90. The van der Waals surface area contributed by atoms with Gasteiger partial charge in [0.05, 0.1) is 6.10 Å². The summed E-state index contributed by atoms with van der Waals surface area (Å²) in [5, 5.41) is 9.03. The van der Waals surface area contributed by atoms with Crippen LogP contribution in [0.1, 0.15) is 32.6 Å². The molecule has 0 bridgehead atoms. The fourth-order valence-electron chi connectivity index (χ4n) is 1.42. The van der Waals surface area contributed by atoms with Crippen LogP contribution in [-0.2, 0) is 0 Å². The lowest BCUT2D eigenvalue weighted by molar-refractivity contribution is 0.177. The van der Waals surface area contributed by atoms with E-state index in [-0.39, 0.29) is 6.10 Å². The Morgan fingerprint density at radius 2 is 2.25 bits per heavy atom. The van der Waals surface area contributed by atoms with Crippen molar-refractivity contribution in [3.8, 4) is 0 Å². The molecular formula is C7H14O. The van der Waals surface area contributed by atoms with Crippen molar-refractivity contribution >= 4 is 0 Å². The van der Waals surface area contributed by atoms with E-state index in [1.54, 1.807) is 0 Å². The van der Waals surface area contributed by atoms with Gasteiger partial charge in [0.1, 0.15) is 0 Å². The second kappa shape index (κ2) is 2.49. The van der Waals surface area contributed by atoms with Crippen molar-refractivity contribution in [3.63, 3.8) is 0 Å². The van der Waals surface area contributed by atoms with E-state index in [1.807, 2.05) is 0 Å². The van der Waals surface area contributed by atoms with Crippen molar-refractivity contribution in [2.24, 2.45) is 5.92 Å². The third-order valence-corrected chi connectivity index (χ3v) is 2.09. The van der Waals surface area contributed by atoms with E-state index in [0.29, 0.717) is 0 Å². The topological polar surface area (TPSA) is 20.2 Å². The molecule has 1 N–H and O–H groups in total. The molecule has 48 valence electrons. The summed E-state index contributed by atoms with van der Waals surface area (Å²) < 4.78 is 0. The zero-order chi connectivity index (χ0) is 5.98. The van der Waals surface area contributed by atoms with Crippen molar-refractivity contribution in [2.75, 3.05) is 0 Å². The van der Waals surface area contributed by atoms with Gasteiger partial charge in [-0.1, -0.05) is 13.3 Å². The standard InChI is InChI=1S/C7H14O/c1-2-6-3-4-7(8)5-6/h6-8H,2-5H2,1H3/t6?,7-/m0/s1. The Hall–Kier alpha value is -0.0400. The van der Waals surface area contributed by atoms with Gasteiger partial charge in [-0.2, -0.15) is 0 Å². The molecule has 1 saturated carbocycles. The molecule has 0 radical (unpaired) electrons. The van der Waals surface area contributed by atoms with Crippen LogP contribution in [0, 0.1) is 5.92 Å². The third kappa shape index (κ3) is 1.22. The van der Waals surface area contributed by atoms with Gasteiger partial charge in [-0.05, 0) is 25.2 Å². The quantitative estimate of drug-likeness (QED) is 0.548. The molecule has 0 spiro atoms. The van der Waals surface area contributed by atoms with Crippen LogP contribution in [0.4, 0.5) is 0 Å². The van der Waals surface area contributed by atoms with Crippen LogP contribution in [0.2, 0.25) is 0 Å². The summed E-state index contributed by atoms with van der Waals surface area (Å²) in [6.45, 7) is 2.20. The van der Waals surface area contributed by atoms with Gasteiger partial charge in [0.25, 0.3) is 0 Å². The van der Waals surface area contributed by atoms with Crippen LogP contribution < -0.4 is 0 Å². The average molecular weight is 114 g/mol. The molecule has 0 aliphatic heterocycles. The Balaban J connectivity index is 2.22. The summed E-state index contributed by atoms with van der Waals surface area (Å²) in [6.07, 6.45) is 4.61. The van der Waals surface area contributed by atoms with E-state index in [2.05, 4.69) is 6.92 Å². The monoisotopic (exact) mass is 114 g/mol. The normalized spacial score (nSPS) is 38.2. The molecular weight excluding hydrogens is 100 g/mol. The molecule has 1 rings (SSSR count). The van der Waals surface area contributed by atoms with Crippen LogP contribution in [0.25, 0.3) is 0 Å². The molecule has 0 aromatic rings. The summed E-state index contributed by atoms with van der Waals surface area (Å²) >= 11 is 0. The fraction of sp³-hybridized carbons (Fsp3) is 1.00. The van der Waals surface area contributed by atoms with Crippen molar-refractivity contribution in [1.82, 2.24) is 0 Å². The van der Waals surface area contributed by atoms with E-state index < -0.39 is 0 Å². The van der Waals surface area contributed by atoms with Crippen LogP contribution >= 0.6 is 0 Å². The maximum atomic E-state index is 9.03. The first-order chi connectivity index (χ1) is 3.83. The molecule has 2 atom stereocenters. The van der Waals surface area contributed by atoms with Crippen molar-refractivity contribution < 1.29 is 5.11 Å². The van der Waals surface area contributed by atoms with E-state index in [0.717, 1.165) is 18.8 Å². The Morgan fingerprint density at radius 1 is 1.50 bits per heavy atom. The Bertz CT molecular complexity index is 70.8. The molecule has 0 amide bonds. The van der Waals surface area contributed by atoms with Gasteiger partial charge in [0.15, 0.2) is 0 Å². The third-order valence-electron chi connectivity index (χ3n) is 2.09. The van der Waals surface area contributed by atoms with Gasteiger partial charge < -0.3 is 5.11 Å². The zero-order valence-corrected chi connectivity index (χ0v) is 5.43. The molecule has 1 unspecified atom stereocenters. The molecule has 1 aliphatic rings. The average Bonchev–Trinajstić information content (AvgIpc) is 2.14. The highest BCUT2D eigenvalue weighted by molar-refractivity contribution is 4.72. The molecule has 1 heteroatoms. The van der Waals surface area contributed by atoms with E-state index in [1.165, 1.54) is 12.8 Å². The van der Waals surface area contributed by atoms with E-state index in [9.17, 15) is 0 Å². The molecule has 8 heavy (non-hydrogen) atoms. The lowest BCUT2D eigenvalue weighted by atomic mass is 10.1. The van der Waals surface area contributed by atoms with Crippen LogP contribution in [0.5, 0.6) is 0 Å². The van der Waals surface area contributed by atoms with Gasteiger partial charge in [-0.25, -0.2) is 0 Å². The van der Waals surface area contributed by atoms with Gasteiger partial charge in [0, 0.05) is 0 Å². The fourth-order valence-corrected chi connectivity index (χ4v) is 1.42. The predicted molar refractivity (Wildman–Crippen MR) is 33.6 cm³/mol. The minimum atomic E-state index is 0.0277. The summed E-state index contributed by atoms with van der Waals surface area (Å²) in [4.78, 5) is 0. The van der Waals surface area contributed by atoms with Gasteiger partial charge >= 0.3 is 0 Å². The number of hydrogen-bond donors (Lipinski definition) is 1. The first-order valence-electron chi connectivity index (χ1n) is 3.51. The molecule has 0 heterocycles. The van der Waals surface area contributed by atoms with Gasteiger partial charge in [-0.15, -0.1) is 0 Å². The Labute approximate surface area is 50.7 Å². The highest BCUT2D eigenvalue weighted by atomic mass is 16.3. The number of hydrogen-bond acceptors (Lipinski definition) is 1. The SMILES string of the molecule is CCC1CC[C@H](O)C1.